The molecule has 46 heavy (non-hydrogen) atoms. The van der Waals surface area contributed by atoms with Gasteiger partial charge in [0.15, 0.2) is 0 Å². The molecule has 2 aliphatic rings. The maximum atomic E-state index is 13.7. The lowest BCUT2D eigenvalue weighted by molar-refractivity contribution is -0.138. The summed E-state index contributed by atoms with van der Waals surface area (Å²) in [5.74, 6) is -1.98. The standard InChI is InChI=1S/C34H48N6O6/c1-4-5-9-22-46-34(45)40-20-18-39(19-21-40)33(44)28(12-13-31(41)42)36-32(43)30-24-27(38-16-14-26(15-17-38)37(2)3)23-29(35-30)25-10-7-6-8-11-25/h6-8,10-11,23-24,26,28H,4-5,9,12-22H2,1-3H3,(H,36,43)(H,41,42)/t28-/m0/s1. The first-order valence-corrected chi connectivity index (χ1v) is 16.4. The number of carbonyl (C=O) groups is 4. The first-order valence-electron chi connectivity index (χ1n) is 16.4. The zero-order valence-corrected chi connectivity index (χ0v) is 27.3. The van der Waals surface area contributed by atoms with Gasteiger partial charge in [-0.1, -0.05) is 50.1 Å². The quantitative estimate of drug-likeness (QED) is 0.316. The number of carboxylic acids is 1. The number of carbonyl (C=O) groups excluding carboxylic acids is 3. The minimum Gasteiger partial charge on any atom is -0.481 e. The highest BCUT2D eigenvalue weighted by molar-refractivity contribution is 5.97. The number of nitrogens with one attached hydrogen (secondary N) is 1. The second-order valence-corrected chi connectivity index (χ2v) is 12.2. The molecule has 1 atom stereocenters. The second kappa shape index (κ2) is 16.9. The summed E-state index contributed by atoms with van der Waals surface area (Å²) in [5, 5.41) is 12.2. The summed E-state index contributed by atoms with van der Waals surface area (Å²) in [6.45, 7) is 5.23. The molecule has 0 bridgehead atoms. The number of nitrogens with zero attached hydrogens (tertiary/aromatic N) is 5. The number of carboxylic acid groups (broad SMARTS) is 1. The highest BCUT2D eigenvalue weighted by Crippen LogP contribution is 2.27. The molecule has 3 amide bonds. The molecule has 2 aliphatic heterocycles. The van der Waals surface area contributed by atoms with E-state index in [-0.39, 0.29) is 37.5 Å². The lowest BCUT2D eigenvalue weighted by atomic mass is 10.0. The molecule has 2 fully saturated rings. The second-order valence-electron chi connectivity index (χ2n) is 12.2. The van der Waals surface area contributed by atoms with Crippen molar-refractivity contribution >= 4 is 29.6 Å². The predicted octanol–water partition coefficient (Wildman–Crippen LogP) is 3.71. The molecule has 1 aromatic heterocycles. The van der Waals surface area contributed by atoms with Gasteiger partial charge in [-0.3, -0.25) is 14.4 Å². The van der Waals surface area contributed by atoms with Gasteiger partial charge in [-0.05, 0) is 51.9 Å². The minimum absolute atomic E-state index is 0.0666. The molecule has 3 heterocycles. The fraction of sp³-hybridized carbons (Fsp3) is 0.559. The van der Waals surface area contributed by atoms with Crippen LogP contribution in [0, 0.1) is 0 Å². The molecule has 1 aromatic carbocycles. The van der Waals surface area contributed by atoms with Crippen LogP contribution in [0.4, 0.5) is 10.5 Å². The van der Waals surface area contributed by atoms with Gasteiger partial charge in [0.2, 0.25) is 5.91 Å². The average molecular weight is 637 g/mol. The predicted molar refractivity (Wildman–Crippen MR) is 176 cm³/mol. The van der Waals surface area contributed by atoms with Gasteiger partial charge in [0.25, 0.3) is 5.91 Å². The van der Waals surface area contributed by atoms with Crippen LogP contribution in [-0.4, -0.2) is 121 Å². The number of ether oxygens (including phenoxy) is 1. The molecule has 250 valence electrons. The fourth-order valence-electron chi connectivity index (χ4n) is 5.90. The van der Waals surface area contributed by atoms with Crippen LogP contribution >= 0.6 is 0 Å². The SMILES string of the molecule is CCCCCOC(=O)N1CCN(C(=O)[C@H](CCC(=O)O)NC(=O)c2cc(N3CCC(N(C)C)CC3)cc(-c3ccccc3)n2)CC1. The Morgan fingerprint density at radius 3 is 2.28 bits per heavy atom. The number of amides is 3. The van der Waals surface area contributed by atoms with E-state index in [1.165, 1.54) is 0 Å². The lowest BCUT2D eigenvalue weighted by Gasteiger charge is -2.37. The van der Waals surface area contributed by atoms with Crippen molar-refractivity contribution in [1.29, 1.82) is 0 Å². The van der Waals surface area contributed by atoms with Crippen molar-refractivity contribution in [3.8, 4) is 11.3 Å². The van der Waals surface area contributed by atoms with Crippen molar-refractivity contribution in [2.24, 2.45) is 0 Å². The summed E-state index contributed by atoms with van der Waals surface area (Å²) in [5.41, 5.74) is 2.54. The summed E-state index contributed by atoms with van der Waals surface area (Å²) < 4.78 is 5.35. The van der Waals surface area contributed by atoms with E-state index in [2.05, 4.69) is 41.1 Å². The first-order chi connectivity index (χ1) is 22.2. The summed E-state index contributed by atoms with van der Waals surface area (Å²) in [6.07, 6.45) is 4.06. The van der Waals surface area contributed by atoms with Crippen LogP contribution in [-0.2, 0) is 14.3 Å². The molecule has 12 heteroatoms. The molecule has 2 N–H and O–H groups in total. The van der Waals surface area contributed by atoms with Gasteiger partial charge in [0.1, 0.15) is 11.7 Å². The van der Waals surface area contributed by atoms with E-state index in [1.807, 2.05) is 36.4 Å². The topological polar surface area (TPSA) is 136 Å². The van der Waals surface area contributed by atoms with E-state index in [4.69, 9.17) is 4.74 Å². The van der Waals surface area contributed by atoms with E-state index >= 15 is 0 Å². The summed E-state index contributed by atoms with van der Waals surface area (Å²) in [7, 11) is 4.18. The van der Waals surface area contributed by atoms with Gasteiger partial charge in [0.05, 0.1) is 12.3 Å². The van der Waals surface area contributed by atoms with Crippen molar-refractivity contribution in [3.63, 3.8) is 0 Å². The maximum Gasteiger partial charge on any atom is 0.409 e. The van der Waals surface area contributed by atoms with E-state index < -0.39 is 24.0 Å². The van der Waals surface area contributed by atoms with Gasteiger partial charge in [-0.25, -0.2) is 9.78 Å². The van der Waals surface area contributed by atoms with Crippen LogP contribution in [0.3, 0.4) is 0 Å². The smallest absolute Gasteiger partial charge is 0.409 e. The Balaban J connectivity index is 1.48. The van der Waals surface area contributed by atoms with Gasteiger partial charge >= 0.3 is 12.1 Å². The molecule has 0 aliphatic carbocycles. The molecule has 0 saturated carbocycles. The van der Waals surface area contributed by atoms with Gasteiger partial charge in [-0.15, -0.1) is 0 Å². The van der Waals surface area contributed by atoms with Gasteiger partial charge in [0, 0.05) is 63.0 Å². The Kier molecular flexibility index (Phi) is 12.8. The summed E-state index contributed by atoms with van der Waals surface area (Å²) in [6, 6.07) is 12.8. The number of piperidine rings is 1. The van der Waals surface area contributed by atoms with Crippen molar-refractivity contribution in [1.82, 2.24) is 25.0 Å². The molecule has 2 saturated heterocycles. The third-order valence-corrected chi connectivity index (χ3v) is 8.75. The Morgan fingerprint density at radius 1 is 0.978 bits per heavy atom. The van der Waals surface area contributed by atoms with Crippen molar-refractivity contribution < 1.29 is 29.0 Å². The van der Waals surface area contributed by atoms with E-state index in [0.29, 0.717) is 31.4 Å². The highest BCUT2D eigenvalue weighted by Gasteiger charge is 2.32. The van der Waals surface area contributed by atoms with Crippen LogP contribution in [0.2, 0.25) is 0 Å². The minimum atomic E-state index is -1.06. The van der Waals surface area contributed by atoms with E-state index in [9.17, 15) is 24.3 Å². The Hall–Kier alpha value is -4.19. The van der Waals surface area contributed by atoms with Crippen LogP contribution < -0.4 is 10.2 Å². The number of aromatic nitrogens is 1. The normalized spacial score (nSPS) is 16.3. The monoisotopic (exact) mass is 636 g/mol. The van der Waals surface area contributed by atoms with Crippen LogP contribution in [0.5, 0.6) is 0 Å². The Labute approximate surface area is 271 Å². The molecule has 4 rings (SSSR count). The molecular formula is C34H48N6O6. The lowest BCUT2D eigenvalue weighted by Crippen LogP contribution is -2.56. The highest BCUT2D eigenvalue weighted by atomic mass is 16.6. The molecule has 0 spiro atoms. The third kappa shape index (κ3) is 9.65. The Bertz CT molecular complexity index is 1320. The number of benzene rings is 1. The van der Waals surface area contributed by atoms with Crippen molar-refractivity contribution in [3.05, 3.63) is 48.2 Å². The first kappa shape index (κ1) is 34.7. The zero-order chi connectivity index (χ0) is 33.1. The van der Waals surface area contributed by atoms with Gasteiger partial charge < -0.3 is 34.8 Å². The molecule has 12 nitrogen and oxygen atoms in total. The number of hydrogen-bond acceptors (Lipinski definition) is 8. The molecule has 2 aromatic rings. The van der Waals surface area contributed by atoms with E-state index in [1.54, 1.807) is 15.9 Å². The molecule has 0 radical (unpaired) electrons. The number of piperazine rings is 1. The van der Waals surface area contributed by atoms with Crippen molar-refractivity contribution in [2.75, 3.05) is 64.9 Å². The van der Waals surface area contributed by atoms with Crippen LogP contribution in [0.25, 0.3) is 11.3 Å². The van der Waals surface area contributed by atoms with Crippen LogP contribution in [0.1, 0.15) is 62.4 Å². The number of hydrogen-bond donors (Lipinski definition) is 2. The van der Waals surface area contributed by atoms with E-state index in [0.717, 1.165) is 56.4 Å². The molecular weight excluding hydrogens is 588 g/mol. The number of aliphatic carboxylic acids is 1. The maximum absolute atomic E-state index is 13.7. The van der Waals surface area contributed by atoms with Crippen LogP contribution in [0.15, 0.2) is 42.5 Å². The average Bonchev–Trinajstić information content (AvgIpc) is 3.08. The fourth-order valence-corrected chi connectivity index (χ4v) is 5.90. The number of pyridine rings is 1. The molecule has 0 unspecified atom stereocenters. The van der Waals surface area contributed by atoms with Crippen molar-refractivity contribution in [2.45, 2.75) is 64.0 Å². The Morgan fingerprint density at radius 2 is 1.65 bits per heavy atom. The largest absolute Gasteiger partial charge is 0.481 e. The number of anilines is 1. The zero-order valence-electron chi connectivity index (χ0n) is 27.3. The van der Waals surface area contributed by atoms with Gasteiger partial charge in [-0.2, -0.15) is 0 Å². The summed E-state index contributed by atoms with van der Waals surface area (Å²) >= 11 is 0. The third-order valence-electron chi connectivity index (χ3n) is 8.75. The summed E-state index contributed by atoms with van der Waals surface area (Å²) in [4.78, 5) is 63.6. The number of rotatable bonds is 13. The number of unbranched alkanes of at least 4 members (excludes halogenated alkanes) is 2.